The van der Waals surface area contributed by atoms with Gasteiger partial charge in [-0.1, -0.05) is 43.5 Å². The zero-order valence-electron chi connectivity index (χ0n) is 15.6. The molecular formula is C21H14F6O4. The minimum absolute atomic E-state index is 0.408. The highest BCUT2D eigenvalue weighted by atomic mass is 19.4. The second kappa shape index (κ2) is 8.66. The molecule has 0 fully saturated rings. The summed E-state index contributed by atoms with van der Waals surface area (Å²) in [4.78, 5) is 22.9. The van der Waals surface area contributed by atoms with Gasteiger partial charge in [-0.2, -0.15) is 22.0 Å². The molecule has 164 valence electrons. The second-order valence-electron chi connectivity index (χ2n) is 5.97. The standard InChI is InChI=1S/C21H14F6O4/c1-3-17(28)30-15-11-7-5-9-13(15)19(22,21(25,26)27)20(23,24)14-10-6-8-12-16(14)31-18(29)4-2/h3-12H,1-2H2. The number of carbonyl (C=O) groups is 2. The first kappa shape index (κ1) is 23.7. The summed E-state index contributed by atoms with van der Waals surface area (Å²) in [7, 11) is 0. The first-order chi connectivity index (χ1) is 14.4. The van der Waals surface area contributed by atoms with Gasteiger partial charge in [-0.25, -0.2) is 14.0 Å². The van der Waals surface area contributed by atoms with Crippen molar-refractivity contribution in [3.63, 3.8) is 0 Å². The first-order valence-corrected chi connectivity index (χ1v) is 8.41. The number of rotatable bonds is 7. The molecular weight excluding hydrogens is 430 g/mol. The van der Waals surface area contributed by atoms with Gasteiger partial charge in [-0.3, -0.25) is 0 Å². The highest BCUT2D eigenvalue weighted by Crippen LogP contribution is 2.60. The van der Waals surface area contributed by atoms with Gasteiger partial charge in [-0.15, -0.1) is 0 Å². The van der Waals surface area contributed by atoms with E-state index in [1.165, 1.54) is 0 Å². The number of hydrogen-bond acceptors (Lipinski definition) is 4. The van der Waals surface area contributed by atoms with Gasteiger partial charge in [0.15, 0.2) is 0 Å². The molecule has 0 amide bonds. The molecule has 0 spiro atoms. The van der Waals surface area contributed by atoms with Crippen LogP contribution in [-0.2, 0) is 21.2 Å². The summed E-state index contributed by atoms with van der Waals surface area (Å²) in [6.45, 7) is 6.10. The van der Waals surface area contributed by atoms with E-state index in [-0.39, 0.29) is 0 Å². The number of carbonyl (C=O) groups excluding carboxylic acids is 2. The summed E-state index contributed by atoms with van der Waals surface area (Å²) in [5, 5.41) is 0. The van der Waals surface area contributed by atoms with Crippen molar-refractivity contribution in [1.29, 1.82) is 0 Å². The maximum Gasteiger partial charge on any atom is 0.433 e. The van der Waals surface area contributed by atoms with Gasteiger partial charge in [0, 0.05) is 17.7 Å². The lowest BCUT2D eigenvalue weighted by atomic mass is 9.83. The summed E-state index contributed by atoms with van der Waals surface area (Å²) in [6.07, 6.45) is -5.04. The lowest BCUT2D eigenvalue weighted by molar-refractivity contribution is -0.315. The van der Waals surface area contributed by atoms with Crippen LogP contribution in [0.1, 0.15) is 11.1 Å². The van der Waals surface area contributed by atoms with E-state index < -0.39 is 52.3 Å². The van der Waals surface area contributed by atoms with Crippen molar-refractivity contribution in [2.45, 2.75) is 17.8 Å². The van der Waals surface area contributed by atoms with E-state index >= 15 is 13.2 Å². The Morgan fingerprint density at radius 2 is 1.10 bits per heavy atom. The van der Waals surface area contributed by atoms with Crippen LogP contribution in [0.2, 0.25) is 0 Å². The molecule has 2 aromatic carbocycles. The van der Waals surface area contributed by atoms with Crippen LogP contribution in [-0.4, -0.2) is 18.1 Å². The van der Waals surface area contributed by atoms with Crippen molar-refractivity contribution in [1.82, 2.24) is 0 Å². The third kappa shape index (κ3) is 4.32. The predicted octanol–water partition coefficient (Wildman–Crippen LogP) is 5.39. The summed E-state index contributed by atoms with van der Waals surface area (Å²) in [6, 6.07) is 6.30. The molecule has 0 saturated heterocycles. The summed E-state index contributed by atoms with van der Waals surface area (Å²) in [5.41, 5.74) is -8.60. The molecule has 0 bridgehead atoms. The van der Waals surface area contributed by atoms with Crippen molar-refractivity contribution in [3.05, 3.63) is 85.0 Å². The van der Waals surface area contributed by atoms with E-state index in [1.54, 1.807) is 0 Å². The SMILES string of the molecule is C=CC(=O)Oc1ccccc1C(F)(F)C(F)(c1ccccc1OC(=O)C=C)C(F)(F)F. The molecule has 0 N–H and O–H groups in total. The molecule has 31 heavy (non-hydrogen) atoms. The number of alkyl halides is 6. The van der Waals surface area contributed by atoms with Crippen LogP contribution in [0.4, 0.5) is 26.3 Å². The molecule has 4 nitrogen and oxygen atoms in total. The topological polar surface area (TPSA) is 52.6 Å². The van der Waals surface area contributed by atoms with Gasteiger partial charge >= 0.3 is 29.7 Å². The second-order valence-corrected chi connectivity index (χ2v) is 5.97. The normalized spacial score (nSPS) is 13.6. The van der Waals surface area contributed by atoms with Gasteiger partial charge in [0.2, 0.25) is 0 Å². The third-order valence-corrected chi connectivity index (χ3v) is 4.06. The molecule has 0 heterocycles. The fourth-order valence-electron chi connectivity index (χ4n) is 2.64. The Hall–Kier alpha value is -3.56. The Bertz CT molecular complexity index is 1010. The molecule has 1 unspecified atom stereocenters. The van der Waals surface area contributed by atoms with Crippen molar-refractivity contribution in [3.8, 4) is 11.5 Å². The van der Waals surface area contributed by atoms with Crippen LogP contribution in [0, 0.1) is 0 Å². The maximum absolute atomic E-state index is 15.7. The summed E-state index contributed by atoms with van der Waals surface area (Å²) in [5.74, 6) is -9.97. The molecule has 2 aromatic rings. The molecule has 0 aliphatic carbocycles. The van der Waals surface area contributed by atoms with E-state index in [9.17, 15) is 22.8 Å². The number of esters is 2. The van der Waals surface area contributed by atoms with Gasteiger partial charge in [0.05, 0.1) is 5.56 Å². The first-order valence-electron chi connectivity index (χ1n) is 8.41. The third-order valence-electron chi connectivity index (χ3n) is 4.06. The van der Waals surface area contributed by atoms with Gasteiger partial charge < -0.3 is 9.47 Å². The molecule has 0 aromatic heterocycles. The van der Waals surface area contributed by atoms with Crippen molar-refractivity contribution < 1.29 is 45.4 Å². The average molecular weight is 444 g/mol. The fraction of sp³-hybridized carbons (Fsp3) is 0.143. The number of ether oxygens (including phenoxy) is 2. The molecule has 0 aliphatic heterocycles. The lowest BCUT2D eigenvalue weighted by Crippen LogP contribution is -2.51. The summed E-state index contributed by atoms with van der Waals surface area (Å²) >= 11 is 0. The monoisotopic (exact) mass is 444 g/mol. The van der Waals surface area contributed by atoms with Crippen LogP contribution in [0.15, 0.2) is 73.8 Å². The van der Waals surface area contributed by atoms with Crippen LogP contribution in [0.5, 0.6) is 11.5 Å². The molecule has 0 aliphatic rings. The maximum atomic E-state index is 15.7. The number of benzene rings is 2. The zero-order valence-corrected chi connectivity index (χ0v) is 15.6. The summed E-state index contributed by atoms with van der Waals surface area (Å²) < 4.78 is 97.1. The van der Waals surface area contributed by atoms with E-state index in [2.05, 4.69) is 22.6 Å². The highest BCUT2D eigenvalue weighted by molar-refractivity contribution is 5.84. The average Bonchev–Trinajstić information content (AvgIpc) is 2.72. The van der Waals surface area contributed by atoms with E-state index in [4.69, 9.17) is 0 Å². The van der Waals surface area contributed by atoms with Crippen LogP contribution >= 0.6 is 0 Å². The van der Waals surface area contributed by atoms with Gasteiger partial charge in [0.1, 0.15) is 11.5 Å². The Morgan fingerprint density at radius 3 is 1.52 bits per heavy atom. The highest BCUT2D eigenvalue weighted by Gasteiger charge is 2.74. The smallest absolute Gasteiger partial charge is 0.423 e. The Labute approximate surface area is 172 Å². The quantitative estimate of drug-likeness (QED) is 0.249. The van der Waals surface area contributed by atoms with Crippen LogP contribution in [0.3, 0.4) is 0 Å². The molecule has 10 heteroatoms. The van der Waals surface area contributed by atoms with E-state index in [0.717, 1.165) is 36.4 Å². The van der Waals surface area contributed by atoms with Crippen molar-refractivity contribution in [2.24, 2.45) is 0 Å². The number of hydrogen-bond donors (Lipinski definition) is 0. The lowest BCUT2D eigenvalue weighted by Gasteiger charge is -2.36. The predicted molar refractivity (Wildman–Crippen MR) is 97.3 cm³/mol. The van der Waals surface area contributed by atoms with Crippen LogP contribution < -0.4 is 9.47 Å². The van der Waals surface area contributed by atoms with Gasteiger partial charge in [-0.05, 0) is 18.2 Å². The Morgan fingerprint density at radius 1 is 0.710 bits per heavy atom. The van der Waals surface area contributed by atoms with Gasteiger partial charge in [0.25, 0.3) is 0 Å². The molecule has 1 atom stereocenters. The number of para-hydroxylation sites is 2. The molecule has 2 rings (SSSR count). The van der Waals surface area contributed by atoms with Crippen LogP contribution in [0.25, 0.3) is 0 Å². The minimum Gasteiger partial charge on any atom is -0.423 e. The minimum atomic E-state index is -6.19. The largest absolute Gasteiger partial charge is 0.433 e. The number of halogens is 6. The van der Waals surface area contributed by atoms with E-state index in [0.29, 0.717) is 24.3 Å². The van der Waals surface area contributed by atoms with E-state index in [1.807, 2.05) is 0 Å². The van der Waals surface area contributed by atoms with Crippen molar-refractivity contribution in [2.75, 3.05) is 0 Å². The Balaban J connectivity index is 2.79. The fourth-order valence-corrected chi connectivity index (χ4v) is 2.64. The zero-order chi connectivity index (χ0) is 23.4. The Kier molecular flexibility index (Phi) is 6.63. The molecule has 0 radical (unpaired) electrons. The van der Waals surface area contributed by atoms with Crippen molar-refractivity contribution >= 4 is 11.9 Å². The molecule has 0 saturated carbocycles.